The van der Waals surface area contributed by atoms with Crippen molar-refractivity contribution < 1.29 is 0 Å². The van der Waals surface area contributed by atoms with Crippen LogP contribution in [0.15, 0.2) is 97.1 Å². The first-order chi connectivity index (χ1) is 21.2. The monoisotopic (exact) mass is 608 g/mol. The molecule has 0 atom stereocenters. The molecule has 4 aromatic rings. The van der Waals surface area contributed by atoms with Gasteiger partial charge >= 0.3 is 0 Å². The molecule has 0 aliphatic carbocycles. The molecule has 2 heteroatoms. The molecule has 238 valence electrons. The van der Waals surface area contributed by atoms with Gasteiger partial charge in [0.15, 0.2) is 0 Å². The Morgan fingerprint density at radius 3 is 0.522 bits per heavy atom. The summed E-state index contributed by atoms with van der Waals surface area (Å²) >= 11 is 0. The van der Waals surface area contributed by atoms with Gasteiger partial charge in [-0.2, -0.15) is 10.5 Å². The van der Waals surface area contributed by atoms with Gasteiger partial charge in [-0.15, -0.1) is 0 Å². The Labute approximate surface area is 279 Å². The van der Waals surface area contributed by atoms with Gasteiger partial charge in [-0.05, 0) is 66.2 Å². The molecule has 0 amide bonds. The Bertz CT molecular complexity index is 1480. The van der Waals surface area contributed by atoms with Gasteiger partial charge in [-0.25, -0.2) is 0 Å². The Morgan fingerprint density at radius 1 is 0.283 bits per heavy atom. The van der Waals surface area contributed by atoms with E-state index in [9.17, 15) is 10.5 Å². The largest absolute Gasteiger partial charge is 0.197 e. The molecular weight excluding hydrogens is 556 g/mol. The normalized spacial score (nSPS) is 13.2. The Balaban J connectivity index is 2.19. The lowest BCUT2D eigenvalue weighted by atomic mass is 9.52. The standard InChI is InChI=1S/C44H52N2/c1-39(2,3)31-13-21-35(22-14-31)43(29-45,36-23-15-32(16-24-36)40(4,5)6)44(30-46,37-25-17-33(18-26-37)41(7,8)9)38-27-19-34(20-28-38)42(10,11)12/h13-28H,1-12H3. The van der Waals surface area contributed by atoms with Gasteiger partial charge in [-0.1, -0.05) is 180 Å². The zero-order valence-electron chi connectivity index (χ0n) is 30.1. The molecule has 4 aromatic carbocycles. The number of hydrogen-bond donors (Lipinski definition) is 0. The van der Waals surface area contributed by atoms with Gasteiger partial charge in [0.05, 0.1) is 12.1 Å². The summed E-state index contributed by atoms with van der Waals surface area (Å²) in [5, 5.41) is 23.4. The highest BCUT2D eigenvalue weighted by Gasteiger charge is 2.57. The number of benzene rings is 4. The van der Waals surface area contributed by atoms with E-state index in [2.05, 4.69) is 192 Å². The molecule has 0 saturated heterocycles. The van der Waals surface area contributed by atoms with Gasteiger partial charge in [0.1, 0.15) is 10.8 Å². The van der Waals surface area contributed by atoms with Crippen LogP contribution in [0.2, 0.25) is 0 Å². The first-order valence-electron chi connectivity index (χ1n) is 16.5. The third kappa shape index (κ3) is 6.16. The summed E-state index contributed by atoms with van der Waals surface area (Å²) in [6, 6.07) is 39.2. The second-order valence-electron chi connectivity index (χ2n) is 17.0. The second kappa shape index (κ2) is 11.9. The smallest absolute Gasteiger partial charge is 0.134 e. The van der Waals surface area contributed by atoms with E-state index >= 15 is 0 Å². The second-order valence-corrected chi connectivity index (χ2v) is 17.0. The van der Waals surface area contributed by atoms with Crippen molar-refractivity contribution in [1.82, 2.24) is 0 Å². The maximum absolute atomic E-state index is 11.7. The molecule has 0 saturated carbocycles. The molecule has 46 heavy (non-hydrogen) atoms. The van der Waals surface area contributed by atoms with Crippen LogP contribution in [-0.4, -0.2) is 0 Å². The van der Waals surface area contributed by atoms with Crippen LogP contribution < -0.4 is 0 Å². The van der Waals surface area contributed by atoms with Gasteiger partial charge in [0, 0.05) is 0 Å². The zero-order chi connectivity index (χ0) is 34.3. The van der Waals surface area contributed by atoms with Crippen LogP contribution in [0.3, 0.4) is 0 Å². The van der Waals surface area contributed by atoms with E-state index in [0.29, 0.717) is 0 Å². The molecule has 0 aliphatic rings. The van der Waals surface area contributed by atoms with Crippen molar-refractivity contribution in [3.8, 4) is 12.1 Å². The van der Waals surface area contributed by atoms with Crippen LogP contribution in [0.1, 0.15) is 128 Å². The fourth-order valence-electron chi connectivity index (χ4n) is 6.51. The van der Waals surface area contributed by atoms with Crippen LogP contribution in [0, 0.1) is 22.7 Å². The molecule has 4 rings (SSSR count). The van der Waals surface area contributed by atoms with E-state index in [-0.39, 0.29) is 21.7 Å². The number of rotatable bonds is 5. The highest BCUT2D eigenvalue weighted by molar-refractivity contribution is 5.65. The first-order valence-corrected chi connectivity index (χ1v) is 16.5. The van der Waals surface area contributed by atoms with Crippen molar-refractivity contribution in [3.05, 3.63) is 142 Å². The summed E-state index contributed by atoms with van der Waals surface area (Å²) in [4.78, 5) is 0. The average Bonchev–Trinajstić information content (AvgIpc) is 2.99. The summed E-state index contributed by atoms with van der Waals surface area (Å²) in [7, 11) is 0. The first kappa shape index (κ1) is 34.7. The summed E-state index contributed by atoms with van der Waals surface area (Å²) in [6.45, 7) is 26.3. The van der Waals surface area contributed by atoms with Crippen molar-refractivity contribution in [2.24, 2.45) is 0 Å². The zero-order valence-corrected chi connectivity index (χ0v) is 30.1. The molecule has 0 unspecified atom stereocenters. The number of nitrogens with zero attached hydrogens (tertiary/aromatic N) is 2. The predicted molar refractivity (Wildman–Crippen MR) is 193 cm³/mol. The molecule has 0 heterocycles. The quantitative estimate of drug-likeness (QED) is 0.226. The van der Waals surface area contributed by atoms with Gasteiger partial charge in [0.2, 0.25) is 0 Å². The molecule has 0 bridgehead atoms. The van der Waals surface area contributed by atoms with Crippen molar-refractivity contribution >= 4 is 0 Å². The summed E-state index contributed by atoms with van der Waals surface area (Å²) in [5.41, 5.74) is 4.94. The van der Waals surface area contributed by atoms with Crippen LogP contribution in [-0.2, 0) is 32.5 Å². The maximum Gasteiger partial charge on any atom is 0.134 e. The SMILES string of the molecule is CC(C)(C)c1ccc(C(C#N)(c2ccc(C(C)(C)C)cc2)C(C#N)(c2ccc(C(C)(C)C)cc2)c2ccc(C(C)(C)C)cc2)cc1. The third-order valence-corrected chi connectivity index (χ3v) is 9.63. The number of nitriles is 2. The van der Waals surface area contributed by atoms with Gasteiger partial charge in [0.25, 0.3) is 0 Å². The minimum Gasteiger partial charge on any atom is -0.197 e. The Hall–Kier alpha value is -4.14. The molecular formula is C44H52N2. The van der Waals surface area contributed by atoms with E-state index in [0.717, 1.165) is 22.3 Å². The lowest BCUT2D eigenvalue weighted by molar-refractivity contribution is 0.467. The van der Waals surface area contributed by atoms with E-state index in [1.807, 2.05) is 0 Å². The fourth-order valence-corrected chi connectivity index (χ4v) is 6.51. The lowest BCUT2D eigenvalue weighted by Crippen LogP contribution is -2.49. The van der Waals surface area contributed by atoms with Crippen LogP contribution >= 0.6 is 0 Å². The molecule has 0 aliphatic heterocycles. The van der Waals surface area contributed by atoms with Crippen molar-refractivity contribution in [1.29, 1.82) is 10.5 Å². The van der Waals surface area contributed by atoms with E-state index in [1.54, 1.807) is 0 Å². The highest BCUT2D eigenvalue weighted by Crippen LogP contribution is 2.53. The number of hydrogen-bond acceptors (Lipinski definition) is 2. The summed E-state index contributed by atoms with van der Waals surface area (Å²) < 4.78 is 0. The average molecular weight is 609 g/mol. The minimum absolute atomic E-state index is 0.0555. The van der Waals surface area contributed by atoms with E-state index < -0.39 is 10.8 Å². The lowest BCUT2D eigenvalue weighted by Gasteiger charge is -2.44. The summed E-state index contributed by atoms with van der Waals surface area (Å²) in [5.74, 6) is 0. The van der Waals surface area contributed by atoms with Crippen molar-refractivity contribution in [3.63, 3.8) is 0 Å². The van der Waals surface area contributed by atoms with Gasteiger partial charge < -0.3 is 0 Å². The predicted octanol–water partition coefficient (Wildman–Crippen LogP) is 11.2. The molecule has 0 aromatic heterocycles. The van der Waals surface area contributed by atoms with Gasteiger partial charge in [-0.3, -0.25) is 0 Å². The van der Waals surface area contributed by atoms with Crippen LogP contribution in [0.4, 0.5) is 0 Å². The van der Waals surface area contributed by atoms with Crippen LogP contribution in [0.5, 0.6) is 0 Å². The Kier molecular flexibility index (Phi) is 8.98. The maximum atomic E-state index is 11.7. The van der Waals surface area contributed by atoms with E-state index in [1.165, 1.54) is 22.3 Å². The highest BCUT2D eigenvalue weighted by atomic mass is 14.6. The third-order valence-electron chi connectivity index (χ3n) is 9.63. The molecule has 2 nitrogen and oxygen atoms in total. The van der Waals surface area contributed by atoms with Crippen LogP contribution in [0.25, 0.3) is 0 Å². The molecule has 0 fully saturated rings. The molecule has 0 radical (unpaired) electrons. The molecule has 0 spiro atoms. The van der Waals surface area contributed by atoms with Crippen molar-refractivity contribution in [2.45, 2.75) is 116 Å². The minimum atomic E-state index is -1.37. The Morgan fingerprint density at radius 2 is 0.413 bits per heavy atom. The van der Waals surface area contributed by atoms with E-state index in [4.69, 9.17) is 0 Å². The van der Waals surface area contributed by atoms with Crippen molar-refractivity contribution in [2.75, 3.05) is 0 Å². The fraction of sp³-hybridized carbons (Fsp3) is 0.409. The summed E-state index contributed by atoms with van der Waals surface area (Å²) in [6.07, 6.45) is 0. The molecule has 0 N–H and O–H groups in total. The topological polar surface area (TPSA) is 47.6 Å².